The van der Waals surface area contributed by atoms with Crippen LogP contribution >= 0.6 is 0 Å². The number of methoxy groups -OCH3 is 1. The molecule has 122 valence electrons. The first-order chi connectivity index (χ1) is 9.86. The molecule has 0 amide bonds. The molecule has 0 aliphatic carbocycles. The molecule has 0 saturated carbocycles. The van der Waals surface area contributed by atoms with E-state index in [1.54, 1.807) is 20.8 Å². The highest BCUT2D eigenvalue weighted by molar-refractivity contribution is 6.07. The molecule has 0 aromatic heterocycles. The minimum absolute atomic E-state index is 0.449. The Kier molecular flexibility index (Phi) is 4.74. The number of carbonyl (C=O) groups is 2. The van der Waals surface area contributed by atoms with Crippen molar-refractivity contribution >= 4 is 17.6 Å². The molecule has 0 aliphatic heterocycles. The summed E-state index contributed by atoms with van der Waals surface area (Å²) in [5.41, 5.74) is 1.91. The SMILES string of the molecule is COC(=O)c1cc(C(F)(F)F)cc(N)c1C(=O)OC(C)(C)C. The molecule has 0 atom stereocenters. The van der Waals surface area contributed by atoms with Crippen LogP contribution in [0, 0.1) is 0 Å². The third kappa shape index (κ3) is 4.12. The van der Waals surface area contributed by atoms with Crippen LogP contribution in [0.1, 0.15) is 47.1 Å². The van der Waals surface area contributed by atoms with E-state index < -0.39 is 46.1 Å². The molecule has 0 saturated heterocycles. The lowest BCUT2D eigenvalue weighted by molar-refractivity contribution is -0.137. The van der Waals surface area contributed by atoms with E-state index in [9.17, 15) is 22.8 Å². The van der Waals surface area contributed by atoms with Crippen molar-refractivity contribution in [1.29, 1.82) is 0 Å². The quantitative estimate of drug-likeness (QED) is 0.669. The summed E-state index contributed by atoms with van der Waals surface area (Å²) in [5.74, 6) is -2.11. The van der Waals surface area contributed by atoms with Crippen molar-refractivity contribution in [2.24, 2.45) is 0 Å². The Morgan fingerprint density at radius 2 is 1.64 bits per heavy atom. The van der Waals surface area contributed by atoms with Gasteiger partial charge in [-0.2, -0.15) is 13.2 Å². The Hall–Kier alpha value is -2.25. The fourth-order valence-corrected chi connectivity index (χ4v) is 1.66. The zero-order chi connectivity index (χ0) is 17.3. The van der Waals surface area contributed by atoms with Crippen molar-refractivity contribution in [3.8, 4) is 0 Å². The van der Waals surface area contributed by atoms with Crippen LogP contribution in [-0.2, 0) is 15.7 Å². The van der Waals surface area contributed by atoms with Crippen LogP contribution in [0.25, 0.3) is 0 Å². The first-order valence-electron chi connectivity index (χ1n) is 6.19. The Labute approximate surface area is 125 Å². The van der Waals surface area contributed by atoms with Crippen molar-refractivity contribution < 1.29 is 32.2 Å². The van der Waals surface area contributed by atoms with Crippen molar-refractivity contribution in [2.75, 3.05) is 12.8 Å². The number of nitrogens with two attached hydrogens (primary N) is 1. The summed E-state index contributed by atoms with van der Waals surface area (Å²) < 4.78 is 47.9. The molecule has 22 heavy (non-hydrogen) atoms. The molecule has 1 rings (SSSR count). The fourth-order valence-electron chi connectivity index (χ4n) is 1.66. The van der Waals surface area contributed by atoms with Crippen LogP contribution in [-0.4, -0.2) is 24.6 Å². The van der Waals surface area contributed by atoms with Crippen molar-refractivity contribution in [3.63, 3.8) is 0 Å². The van der Waals surface area contributed by atoms with Gasteiger partial charge >= 0.3 is 18.1 Å². The number of esters is 2. The second-order valence-electron chi connectivity index (χ2n) is 5.48. The highest BCUT2D eigenvalue weighted by Gasteiger charge is 2.35. The third-order valence-electron chi connectivity index (χ3n) is 2.50. The van der Waals surface area contributed by atoms with Crippen molar-refractivity contribution in [3.05, 3.63) is 28.8 Å². The number of halogens is 3. The number of alkyl halides is 3. The average Bonchev–Trinajstić information content (AvgIpc) is 2.33. The van der Waals surface area contributed by atoms with E-state index in [4.69, 9.17) is 10.5 Å². The van der Waals surface area contributed by atoms with Crippen molar-refractivity contribution in [1.82, 2.24) is 0 Å². The third-order valence-corrected chi connectivity index (χ3v) is 2.50. The first-order valence-corrected chi connectivity index (χ1v) is 6.19. The molecule has 0 radical (unpaired) electrons. The van der Waals surface area contributed by atoms with Crippen LogP contribution in [0.15, 0.2) is 12.1 Å². The summed E-state index contributed by atoms with van der Waals surface area (Å²) in [4.78, 5) is 23.8. The monoisotopic (exact) mass is 319 g/mol. The number of anilines is 1. The van der Waals surface area contributed by atoms with Crippen LogP contribution < -0.4 is 5.73 Å². The molecule has 5 nitrogen and oxygen atoms in total. The van der Waals surface area contributed by atoms with Gasteiger partial charge in [-0.3, -0.25) is 0 Å². The molecule has 0 fully saturated rings. The van der Waals surface area contributed by atoms with Gasteiger partial charge in [0.05, 0.1) is 23.8 Å². The number of hydrogen-bond donors (Lipinski definition) is 1. The number of hydrogen-bond acceptors (Lipinski definition) is 5. The van der Waals surface area contributed by atoms with Gasteiger partial charge in [0.1, 0.15) is 5.60 Å². The van der Waals surface area contributed by atoms with Gasteiger partial charge in [0.2, 0.25) is 0 Å². The summed E-state index contributed by atoms with van der Waals surface area (Å²) in [6.45, 7) is 4.72. The van der Waals surface area contributed by atoms with E-state index in [1.807, 2.05) is 0 Å². The molecule has 1 aromatic carbocycles. The maximum atomic E-state index is 12.8. The summed E-state index contributed by atoms with van der Waals surface area (Å²) in [5, 5.41) is 0. The molecule has 0 heterocycles. The van der Waals surface area contributed by atoms with Gasteiger partial charge in [0, 0.05) is 5.69 Å². The molecular formula is C14H16F3NO4. The number of rotatable bonds is 2. The minimum atomic E-state index is -4.72. The molecule has 0 aliphatic rings. The molecule has 0 bridgehead atoms. The Balaban J connectivity index is 3.50. The maximum absolute atomic E-state index is 12.8. The van der Waals surface area contributed by atoms with E-state index in [2.05, 4.69) is 4.74 Å². The smallest absolute Gasteiger partial charge is 0.416 e. The Morgan fingerprint density at radius 3 is 2.05 bits per heavy atom. The number of nitrogen functional groups attached to an aromatic ring is 1. The Morgan fingerprint density at radius 1 is 1.09 bits per heavy atom. The lowest BCUT2D eigenvalue weighted by atomic mass is 10.0. The zero-order valence-electron chi connectivity index (χ0n) is 12.5. The summed E-state index contributed by atoms with van der Waals surface area (Å²) in [6, 6.07) is 1.09. The Bertz CT molecular complexity index is 603. The molecule has 0 spiro atoms. The lowest BCUT2D eigenvalue weighted by Crippen LogP contribution is -2.26. The second kappa shape index (κ2) is 5.86. The van der Waals surface area contributed by atoms with Gasteiger partial charge in [-0.1, -0.05) is 0 Å². The van der Waals surface area contributed by atoms with Gasteiger partial charge in [0.15, 0.2) is 0 Å². The number of benzene rings is 1. The topological polar surface area (TPSA) is 78.6 Å². The van der Waals surface area contributed by atoms with Gasteiger partial charge in [-0.05, 0) is 32.9 Å². The average molecular weight is 319 g/mol. The van der Waals surface area contributed by atoms with E-state index in [1.165, 1.54) is 0 Å². The lowest BCUT2D eigenvalue weighted by Gasteiger charge is -2.21. The first kappa shape index (κ1) is 17.8. The normalized spacial score (nSPS) is 12.0. The fraction of sp³-hybridized carbons (Fsp3) is 0.429. The van der Waals surface area contributed by atoms with Crippen molar-refractivity contribution in [2.45, 2.75) is 32.5 Å². The van der Waals surface area contributed by atoms with E-state index in [-0.39, 0.29) is 0 Å². The molecule has 1 aromatic rings. The standard InChI is InChI=1S/C14H16F3NO4/c1-13(2,3)22-12(20)10-8(11(19)21-4)5-7(6-9(10)18)14(15,16)17/h5-6H,18H2,1-4H3. The summed E-state index contributed by atoms with van der Waals surface area (Å²) >= 11 is 0. The second-order valence-corrected chi connectivity index (χ2v) is 5.48. The van der Waals surface area contributed by atoms with E-state index >= 15 is 0 Å². The number of carbonyl (C=O) groups excluding carboxylic acids is 2. The van der Waals surface area contributed by atoms with E-state index in [0.717, 1.165) is 7.11 Å². The van der Waals surface area contributed by atoms with Crippen LogP contribution in [0.3, 0.4) is 0 Å². The molecule has 0 unspecified atom stereocenters. The van der Waals surface area contributed by atoms with Crippen LogP contribution in [0.4, 0.5) is 18.9 Å². The van der Waals surface area contributed by atoms with Crippen LogP contribution in [0.5, 0.6) is 0 Å². The van der Waals surface area contributed by atoms with Crippen LogP contribution in [0.2, 0.25) is 0 Å². The van der Waals surface area contributed by atoms with E-state index in [0.29, 0.717) is 12.1 Å². The minimum Gasteiger partial charge on any atom is -0.465 e. The predicted octanol–water partition coefficient (Wildman–Crippen LogP) is 3.03. The van der Waals surface area contributed by atoms with Gasteiger partial charge in [0.25, 0.3) is 0 Å². The molecule has 2 N–H and O–H groups in total. The van der Waals surface area contributed by atoms with Gasteiger partial charge in [-0.25, -0.2) is 9.59 Å². The molecular weight excluding hydrogens is 303 g/mol. The van der Waals surface area contributed by atoms with Gasteiger partial charge < -0.3 is 15.2 Å². The largest absolute Gasteiger partial charge is 0.465 e. The molecule has 8 heteroatoms. The zero-order valence-corrected chi connectivity index (χ0v) is 12.5. The highest BCUT2D eigenvalue weighted by Crippen LogP contribution is 2.34. The predicted molar refractivity (Wildman–Crippen MR) is 72.4 cm³/mol. The summed E-state index contributed by atoms with van der Waals surface area (Å²) in [6.07, 6.45) is -4.72. The highest BCUT2D eigenvalue weighted by atomic mass is 19.4. The maximum Gasteiger partial charge on any atom is 0.416 e. The number of ether oxygens (including phenoxy) is 2. The summed E-state index contributed by atoms with van der Waals surface area (Å²) in [7, 11) is 0.984. The van der Waals surface area contributed by atoms with Gasteiger partial charge in [-0.15, -0.1) is 0 Å².